The summed E-state index contributed by atoms with van der Waals surface area (Å²) in [5, 5.41) is 8.87. The predicted octanol–water partition coefficient (Wildman–Crippen LogP) is 0.0136. The maximum Gasteiger partial charge on any atom is 0.0821 e. The van der Waals surface area contributed by atoms with Gasteiger partial charge in [0, 0.05) is 5.92 Å². The van der Waals surface area contributed by atoms with E-state index in [2.05, 4.69) is 0 Å². The molecule has 7 heavy (non-hydrogen) atoms. The summed E-state index contributed by atoms with van der Waals surface area (Å²) in [6.07, 6.45) is -0.208. The highest BCUT2D eigenvalue weighted by Crippen LogP contribution is 2.10. The summed E-state index contributed by atoms with van der Waals surface area (Å²) in [6, 6.07) is 0. The van der Waals surface area contributed by atoms with E-state index in [0.29, 0.717) is 12.5 Å². The minimum absolute atomic E-state index is 0.208. The molecule has 0 aromatic heterocycles. The van der Waals surface area contributed by atoms with Crippen molar-refractivity contribution in [2.45, 2.75) is 13.0 Å². The molecule has 2 atom stereocenters. The second kappa shape index (κ2) is 1.80. The standard InChI is InChI=1S/C5H10O2/c1-4-2-7-3-5(4)6/h4-6H,2-3H2,1H3/t4?,5-/m0/s1. The van der Waals surface area contributed by atoms with Crippen molar-refractivity contribution in [2.24, 2.45) is 5.92 Å². The van der Waals surface area contributed by atoms with Crippen molar-refractivity contribution in [3.63, 3.8) is 0 Å². The molecule has 0 spiro atoms. The Morgan fingerprint density at radius 1 is 1.57 bits per heavy atom. The number of rotatable bonds is 0. The van der Waals surface area contributed by atoms with Gasteiger partial charge in [0.2, 0.25) is 0 Å². The van der Waals surface area contributed by atoms with E-state index in [1.54, 1.807) is 0 Å². The zero-order valence-corrected chi connectivity index (χ0v) is 4.42. The monoisotopic (exact) mass is 102 g/mol. The Hall–Kier alpha value is -0.0800. The van der Waals surface area contributed by atoms with Crippen LogP contribution < -0.4 is 0 Å². The Morgan fingerprint density at radius 3 is 2.43 bits per heavy atom. The van der Waals surface area contributed by atoms with Gasteiger partial charge in [0.1, 0.15) is 0 Å². The number of ether oxygens (including phenoxy) is 1. The van der Waals surface area contributed by atoms with E-state index in [-0.39, 0.29) is 6.10 Å². The van der Waals surface area contributed by atoms with Crippen molar-refractivity contribution in [3.05, 3.63) is 0 Å². The van der Waals surface area contributed by atoms with Crippen molar-refractivity contribution in [3.8, 4) is 0 Å². The summed E-state index contributed by atoms with van der Waals surface area (Å²) in [5.74, 6) is 0.347. The molecule has 1 rings (SSSR count). The molecule has 0 radical (unpaired) electrons. The van der Waals surface area contributed by atoms with Crippen LogP contribution in [0.3, 0.4) is 0 Å². The molecule has 0 bridgehead atoms. The van der Waals surface area contributed by atoms with Crippen LogP contribution >= 0.6 is 0 Å². The van der Waals surface area contributed by atoms with E-state index in [1.165, 1.54) is 0 Å². The Kier molecular flexibility index (Phi) is 1.30. The zero-order chi connectivity index (χ0) is 5.28. The van der Waals surface area contributed by atoms with E-state index in [4.69, 9.17) is 9.84 Å². The average Bonchev–Trinajstić information content (AvgIpc) is 1.91. The maximum absolute atomic E-state index is 8.87. The molecule has 1 N–H and O–H groups in total. The summed E-state index contributed by atoms with van der Waals surface area (Å²) in [7, 11) is 0. The van der Waals surface area contributed by atoms with Crippen LogP contribution in [-0.2, 0) is 4.74 Å². The fourth-order valence-electron chi connectivity index (χ4n) is 0.650. The molecule has 0 aromatic carbocycles. The normalized spacial score (nSPS) is 42.0. The third kappa shape index (κ3) is 0.924. The number of hydrogen-bond acceptors (Lipinski definition) is 2. The molecular formula is C5H10O2. The highest BCUT2D eigenvalue weighted by atomic mass is 16.5. The quantitative estimate of drug-likeness (QED) is 0.467. The molecule has 0 aliphatic carbocycles. The highest BCUT2D eigenvalue weighted by molar-refractivity contribution is 4.68. The first kappa shape index (κ1) is 5.06. The molecule has 2 nitrogen and oxygen atoms in total. The lowest BCUT2D eigenvalue weighted by Crippen LogP contribution is -2.13. The van der Waals surface area contributed by atoms with E-state index in [0.717, 1.165) is 6.61 Å². The van der Waals surface area contributed by atoms with Crippen LogP contribution in [0.25, 0.3) is 0 Å². The molecule has 1 unspecified atom stereocenters. The van der Waals surface area contributed by atoms with Crippen LogP contribution in [0.15, 0.2) is 0 Å². The van der Waals surface area contributed by atoms with Gasteiger partial charge >= 0.3 is 0 Å². The van der Waals surface area contributed by atoms with E-state index < -0.39 is 0 Å². The third-order valence-electron chi connectivity index (χ3n) is 1.33. The fraction of sp³-hybridized carbons (Fsp3) is 1.00. The molecule has 0 saturated carbocycles. The molecule has 0 amide bonds. The smallest absolute Gasteiger partial charge is 0.0821 e. The van der Waals surface area contributed by atoms with Gasteiger partial charge in [-0.15, -0.1) is 0 Å². The molecule has 2 heteroatoms. The minimum atomic E-state index is -0.208. The summed E-state index contributed by atoms with van der Waals surface area (Å²) >= 11 is 0. The summed E-state index contributed by atoms with van der Waals surface area (Å²) in [4.78, 5) is 0. The molecule has 1 aliphatic rings. The number of hydrogen-bond donors (Lipinski definition) is 1. The molecule has 1 heterocycles. The van der Waals surface area contributed by atoms with Gasteiger partial charge in [-0.05, 0) is 0 Å². The Balaban J connectivity index is 2.33. The van der Waals surface area contributed by atoms with Gasteiger partial charge in [-0.2, -0.15) is 0 Å². The molecule has 1 aliphatic heterocycles. The summed E-state index contributed by atoms with van der Waals surface area (Å²) in [5.41, 5.74) is 0. The lowest BCUT2D eigenvalue weighted by molar-refractivity contribution is 0.120. The van der Waals surface area contributed by atoms with Gasteiger partial charge in [-0.25, -0.2) is 0 Å². The molecule has 1 saturated heterocycles. The number of aliphatic hydroxyl groups is 1. The van der Waals surface area contributed by atoms with Gasteiger partial charge in [-0.1, -0.05) is 6.92 Å². The van der Waals surface area contributed by atoms with Crippen LogP contribution in [0.5, 0.6) is 0 Å². The predicted molar refractivity (Wildman–Crippen MR) is 26.0 cm³/mol. The third-order valence-corrected chi connectivity index (χ3v) is 1.33. The van der Waals surface area contributed by atoms with Crippen LogP contribution in [0.2, 0.25) is 0 Å². The first-order valence-electron chi connectivity index (χ1n) is 2.56. The number of aliphatic hydroxyl groups excluding tert-OH is 1. The second-order valence-corrected chi connectivity index (χ2v) is 2.08. The van der Waals surface area contributed by atoms with Gasteiger partial charge < -0.3 is 9.84 Å². The zero-order valence-electron chi connectivity index (χ0n) is 4.42. The van der Waals surface area contributed by atoms with Crippen molar-refractivity contribution in [2.75, 3.05) is 13.2 Å². The van der Waals surface area contributed by atoms with Crippen LogP contribution in [0, 0.1) is 5.92 Å². The van der Waals surface area contributed by atoms with Crippen molar-refractivity contribution >= 4 is 0 Å². The van der Waals surface area contributed by atoms with Gasteiger partial charge in [0.15, 0.2) is 0 Å². The Morgan fingerprint density at radius 2 is 2.29 bits per heavy atom. The van der Waals surface area contributed by atoms with Gasteiger partial charge in [0.05, 0.1) is 19.3 Å². The van der Waals surface area contributed by atoms with E-state index in [1.807, 2.05) is 6.92 Å². The minimum Gasteiger partial charge on any atom is -0.390 e. The Bertz CT molecular complexity index is 55.1. The summed E-state index contributed by atoms with van der Waals surface area (Å²) in [6.45, 7) is 3.24. The second-order valence-electron chi connectivity index (χ2n) is 2.08. The van der Waals surface area contributed by atoms with Crippen LogP contribution in [-0.4, -0.2) is 24.4 Å². The van der Waals surface area contributed by atoms with E-state index >= 15 is 0 Å². The summed E-state index contributed by atoms with van der Waals surface area (Å²) < 4.78 is 4.92. The lowest BCUT2D eigenvalue weighted by Gasteiger charge is -2.00. The molecule has 0 aromatic rings. The van der Waals surface area contributed by atoms with Crippen molar-refractivity contribution in [1.82, 2.24) is 0 Å². The average molecular weight is 102 g/mol. The first-order chi connectivity index (χ1) is 3.30. The van der Waals surface area contributed by atoms with Crippen molar-refractivity contribution in [1.29, 1.82) is 0 Å². The fourth-order valence-corrected chi connectivity index (χ4v) is 0.650. The SMILES string of the molecule is CC1COC[C@@H]1O. The molecule has 1 fully saturated rings. The van der Waals surface area contributed by atoms with Crippen LogP contribution in [0.4, 0.5) is 0 Å². The Labute approximate surface area is 43.1 Å². The largest absolute Gasteiger partial charge is 0.390 e. The van der Waals surface area contributed by atoms with Gasteiger partial charge in [0.25, 0.3) is 0 Å². The topological polar surface area (TPSA) is 29.5 Å². The van der Waals surface area contributed by atoms with Gasteiger partial charge in [-0.3, -0.25) is 0 Å². The first-order valence-corrected chi connectivity index (χ1v) is 2.56. The van der Waals surface area contributed by atoms with Crippen molar-refractivity contribution < 1.29 is 9.84 Å². The highest BCUT2D eigenvalue weighted by Gasteiger charge is 2.20. The molecular weight excluding hydrogens is 92.1 g/mol. The van der Waals surface area contributed by atoms with Crippen LogP contribution in [0.1, 0.15) is 6.92 Å². The molecule has 42 valence electrons. The maximum atomic E-state index is 8.87. The van der Waals surface area contributed by atoms with E-state index in [9.17, 15) is 0 Å². The lowest BCUT2D eigenvalue weighted by atomic mass is 10.1.